The van der Waals surface area contributed by atoms with Gasteiger partial charge >= 0.3 is 5.69 Å². The summed E-state index contributed by atoms with van der Waals surface area (Å²) in [7, 11) is 1.59. The molecule has 0 aliphatic heterocycles. The fraction of sp³-hybridized carbons (Fsp3) is 0.545. The summed E-state index contributed by atoms with van der Waals surface area (Å²) in [4.78, 5) is 14.4. The zero-order chi connectivity index (χ0) is 13.5. The highest BCUT2D eigenvalue weighted by Gasteiger charge is 2.18. The Bertz CT molecular complexity index is 409. The molecule has 1 aromatic heterocycles. The number of nitro groups is 1. The van der Waals surface area contributed by atoms with E-state index in [9.17, 15) is 10.1 Å². The molecule has 0 aromatic carbocycles. The third-order valence-corrected chi connectivity index (χ3v) is 2.59. The fourth-order valence-electron chi connectivity index (χ4n) is 1.62. The lowest BCUT2D eigenvalue weighted by atomic mass is 10.2. The lowest BCUT2D eigenvalue weighted by molar-refractivity contribution is -0.384. The molecule has 0 fully saturated rings. The second-order valence-electron chi connectivity index (χ2n) is 3.84. The highest BCUT2D eigenvalue weighted by molar-refractivity contribution is 6.29. The van der Waals surface area contributed by atoms with Crippen molar-refractivity contribution in [3.05, 3.63) is 27.4 Å². The molecule has 1 N–H and O–H groups in total. The molecule has 0 spiro atoms. The van der Waals surface area contributed by atoms with E-state index in [4.69, 9.17) is 16.3 Å². The summed E-state index contributed by atoms with van der Waals surface area (Å²) in [5.41, 5.74) is -0.0865. The Morgan fingerprint density at radius 3 is 2.89 bits per heavy atom. The average Bonchev–Trinajstić information content (AvgIpc) is 2.29. The summed E-state index contributed by atoms with van der Waals surface area (Å²) < 4.78 is 5.07. The quantitative estimate of drug-likeness (QED) is 0.469. The number of nitrogens with zero attached hydrogens (tertiary/aromatic N) is 2. The normalized spacial score (nSPS) is 12.2. The van der Waals surface area contributed by atoms with Crippen LogP contribution in [0.4, 0.5) is 11.5 Å². The molecule has 0 radical (unpaired) electrons. The number of anilines is 1. The van der Waals surface area contributed by atoms with E-state index in [2.05, 4.69) is 10.3 Å². The Morgan fingerprint density at radius 1 is 1.61 bits per heavy atom. The van der Waals surface area contributed by atoms with Crippen LogP contribution in [-0.4, -0.2) is 29.7 Å². The van der Waals surface area contributed by atoms with Crippen molar-refractivity contribution in [3.8, 4) is 0 Å². The van der Waals surface area contributed by atoms with Gasteiger partial charge in [0.25, 0.3) is 0 Å². The van der Waals surface area contributed by atoms with Gasteiger partial charge in [0.15, 0.2) is 0 Å². The molecule has 18 heavy (non-hydrogen) atoms. The summed E-state index contributed by atoms with van der Waals surface area (Å²) in [5.74, 6) is 0.183. The van der Waals surface area contributed by atoms with E-state index < -0.39 is 4.92 Å². The van der Waals surface area contributed by atoms with E-state index in [1.54, 1.807) is 7.11 Å². The number of hydrogen-bond donors (Lipinski definition) is 1. The van der Waals surface area contributed by atoms with E-state index in [1.165, 1.54) is 12.1 Å². The molecule has 0 saturated heterocycles. The SMILES string of the molecule is CCC[C@H](COC)Nc1nc(Cl)ccc1[N+](=O)[O-]. The molecule has 100 valence electrons. The molecule has 0 aliphatic rings. The maximum atomic E-state index is 10.9. The van der Waals surface area contributed by atoms with Crippen molar-refractivity contribution < 1.29 is 9.66 Å². The molecule has 1 rings (SSSR count). The van der Waals surface area contributed by atoms with Gasteiger partial charge in [-0.3, -0.25) is 10.1 Å². The Hall–Kier alpha value is -1.40. The predicted molar refractivity (Wildman–Crippen MR) is 70.1 cm³/mol. The second-order valence-corrected chi connectivity index (χ2v) is 4.23. The van der Waals surface area contributed by atoms with Crippen LogP contribution in [-0.2, 0) is 4.74 Å². The standard InChI is InChI=1S/C11H16ClN3O3/c1-3-4-8(7-18-2)13-11-9(15(16)17)5-6-10(12)14-11/h5-6,8H,3-4,7H2,1-2H3,(H,13,14)/t8-/m1/s1. The van der Waals surface area contributed by atoms with Crippen molar-refractivity contribution in [1.82, 2.24) is 4.98 Å². The van der Waals surface area contributed by atoms with Gasteiger partial charge in [0, 0.05) is 13.2 Å². The minimum Gasteiger partial charge on any atom is -0.383 e. The van der Waals surface area contributed by atoms with Crippen LogP contribution in [0, 0.1) is 10.1 Å². The fourth-order valence-corrected chi connectivity index (χ4v) is 1.77. The summed E-state index contributed by atoms with van der Waals surface area (Å²) in [5, 5.41) is 14.1. The summed E-state index contributed by atoms with van der Waals surface area (Å²) in [6, 6.07) is 2.72. The number of rotatable bonds is 7. The molecular weight excluding hydrogens is 258 g/mol. The number of hydrogen-bond acceptors (Lipinski definition) is 5. The van der Waals surface area contributed by atoms with Crippen LogP contribution in [0.5, 0.6) is 0 Å². The summed E-state index contributed by atoms with van der Waals surface area (Å²) in [6.45, 7) is 2.49. The van der Waals surface area contributed by atoms with Crippen LogP contribution in [0.25, 0.3) is 0 Å². The highest BCUT2D eigenvalue weighted by Crippen LogP contribution is 2.25. The van der Waals surface area contributed by atoms with Crippen LogP contribution >= 0.6 is 11.6 Å². The van der Waals surface area contributed by atoms with Crippen molar-refractivity contribution in [1.29, 1.82) is 0 Å². The first-order chi connectivity index (χ1) is 8.58. The van der Waals surface area contributed by atoms with Crippen molar-refractivity contribution in [2.75, 3.05) is 19.0 Å². The molecule has 0 aliphatic carbocycles. The van der Waals surface area contributed by atoms with Gasteiger partial charge in [0.05, 0.1) is 17.6 Å². The van der Waals surface area contributed by atoms with Gasteiger partial charge in [-0.25, -0.2) is 4.98 Å². The van der Waals surface area contributed by atoms with Crippen LogP contribution in [0.1, 0.15) is 19.8 Å². The smallest absolute Gasteiger partial charge is 0.311 e. The van der Waals surface area contributed by atoms with E-state index in [0.717, 1.165) is 12.8 Å². The zero-order valence-corrected chi connectivity index (χ0v) is 11.1. The molecular formula is C11H16ClN3O3. The van der Waals surface area contributed by atoms with Crippen LogP contribution < -0.4 is 5.32 Å². The molecule has 0 saturated carbocycles. The largest absolute Gasteiger partial charge is 0.383 e. The zero-order valence-electron chi connectivity index (χ0n) is 10.4. The first-order valence-electron chi connectivity index (χ1n) is 5.64. The molecule has 1 aromatic rings. The molecule has 1 atom stereocenters. The lowest BCUT2D eigenvalue weighted by Crippen LogP contribution is -2.25. The minimum absolute atomic E-state index is 0.0235. The molecule has 1 heterocycles. The number of halogens is 1. The van der Waals surface area contributed by atoms with E-state index >= 15 is 0 Å². The maximum absolute atomic E-state index is 10.9. The number of methoxy groups -OCH3 is 1. The summed E-state index contributed by atoms with van der Waals surface area (Å²) >= 11 is 5.75. The highest BCUT2D eigenvalue weighted by atomic mass is 35.5. The number of ether oxygens (including phenoxy) is 1. The third kappa shape index (κ3) is 4.12. The van der Waals surface area contributed by atoms with Gasteiger partial charge in [0.1, 0.15) is 5.15 Å². The molecule has 0 unspecified atom stereocenters. The van der Waals surface area contributed by atoms with Gasteiger partial charge in [-0.1, -0.05) is 24.9 Å². The van der Waals surface area contributed by atoms with Gasteiger partial charge in [-0.05, 0) is 12.5 Å². The minimum atomic E-state index is -0.485. The Kier molecular flexibility index (Phi) is 5.80. The van der Waals surface area contributed by atoms with Crippen molar-refractivity contribution in [2.45, 2.75) is 25.8 Å². The number of nitrogens with one attached hydrogen (secondary N) is 1. The maximum Gasteiger partial charge on any atom is 0.311 e. The number of aromatic nitrogens is 1. The van der Waals surface area contributed by atoms with Crippen LogP contribution in [0.15, 0.2) is 12.1 Å². The van der Waals surface area contributed by atoms with Crippen LogP contribution in [0.3, 0.4) is 0 Å². The van der Waals surface area contributed by atoms with E-state index in [1.807, 2.05) is 6.92 Å². The molecule has 6 nitrogen and oxygen atoms in total. The Labute approximate surface area is 110 Å². The summed E-state index contributed by atoms with van der Waals surface area (Å²) in [6.07, 6.45) is 1.77. The van der Waals surface area contributed by atoms with Gasteiger partial charge < -0.3 is 10.1 Å². The van der Waals surface area contributed by atoms with Gasteiger partial charge in [-0.15, -0.1) is 0 Å². The van der Waals surface area contributed by atoms with Crippen LogP contribution in [0.2, 0.25) is 5.15 Å². The first kappa shape index (κ1) is 14.7. The lowest BCUT2D eigenvalue weighted by Gasteiger charge is -2.17. The molecule has 7 heteroatoms. The predicted octanol–water partition coefficient (Wildman–Crippen LogP) is 2.87. The third-order valence-electron chi connectivity index (χ3n) is 2.38. The first-order valence-corrected chi connectivity index (χ1v) is 6.02. The second kappa shape index (κ2) is 7.13. The average molecular weight is 274 g/mol. The van der Waals surface area contributed by atoms with Gasteiger partial charge in [0.2, 0.25) is 5.82 Å². The molecule has 0 bridgehead atoms. The van der Waals surface area contributed by atoms with Gasteiger partial charge in [-0.2, -0.15) is 0 Å². The Balaban J connectivity index is 2.92. The topological polar surface area (TPSA) is 77.3 Å². The molecule has 0 amide bonds. The Morgan fingerprint density at radius 2 is 2.33 bits per heavy atom. The van der Waals surface area contributed by atoms with E-state index in [-0.39, 0.29) is 22.7 Å². The number of pyridine rings is 1. The van der Waals surface area contributed by atoms with Crippen molar-refractivity contribution >= 4 is 23.1 Å². The monoisotopic (exact) mass is 273 g/mol. The van der Waals surface area contributed by atoms with Crippen molar-refractivity contribution in [3.63, 3.8) is 0 Å². The van der Waals surface area contributed by atoms with E-state index in [0.29, 0.717) is 6.61 Å². The van der Waals surface area contributed by atoms with Crippen molar-refractivity contribution in [2.24, 2.45) is 0 Å².